The van der Waals surface area contributed by atoms with E-state index in [1.54, 1.807) is 0 Å². The van der Waals surface area contributed by atoms with E-state index in [-0.39, 0.29) is 19.0 Å². The first-order chi connectivity index (χ1) is 17.2. The minimum atomic E-state index is -0.461. The standard InChI is InChI=1S/C23H42O12/c1-3-22(24)35-21-20-34-19-18-33-17-16-32-15-14-31-13-12-30-11-10-29-9-8-28-7-6-27-5-4-23(25)26-2/h3H,1,4-21H2,2H3. The molecule has 0 aliphatic carbocycles. The third kappa shape index (κ3) is 28.5. The Bertz CT molecular complexity index is 489. The molecule has 0 saturated heterocycles. The molecule has 0 aromatic heterocycles. The van der Waals surface area contributed by atoms with Gasteiger partial charge < -0.3 is 47.4 Å². The van der Waals surface area contributed by atoms with Crippen LogP contribution in [0.3, 0.4) is 0 Å². The van der Waals surface area contributed by atoms with E-state index in [1.165, 1.54) is 7.11 Å². The first kappa shape index (κ1) is 33.4. The molecule has 0 radical (unpaired) electrons. The summed E-state index contributed by atoms with van der Waals surface area (Å²) in [7, 11) is 1.35. The Labute approximate surface area is 208 Å². The first-order valence-corrected chi connectivity index (χ1v) is 11.7. The van der Waals surface area contributed by atoms with Gasteiger partial charge in [-0.3, -0.25) is 4.79 Å². The molecule has 0 aliphatic heterocycles. The SMILES string of the molecule is C=CC(=O)OCCOCCOCCOCCOCCOCCOCCOCCOCCC(=O)OC. The molecule has 12 heteroatoms. The van der Waals surface area contributed by atoms with Gasteiger partial charge in [-0.25, -0.2) is 4.79 Å². The Morgan fingerprint density at radius 3 is 1.09 bits per heavy atom. The monoisotopic (exact) mass is 510 g/mol. The van der Waals surface area contributed by atoms with Crippen LogP contribution >= 0.6 is 0 Å². The summed E-state index contributed by atoms with van der Waals surface area (Å²) in [5.74, 6) is -0.750. The smallest absolute Gasteiger partial charge is 0.330 e. The van der Waals surface area contributed by atoms with Gasteiger partial charge in [0.05, 0.1) is 119 Å². The third-order valence-electron chi connectivity index (χ3n) is 3.92. The van der Waals surface area contributed by atoms with E-state index in [2.05, 4.69) is 11.3 Å². The first-order valence-electron chi connectivity index (χ1n) is 11.7. The zero-order chi connectivity index (χ0) is 25.7. The molecule has 0 amide bonds. The summed E-state index contributed by atoms with van der Waals surface area (Å²) in [6, 6.07) is 0. The molecule has 0 rings (SSSR count). The highest BCUT2D eigenvalue weighted by Crippen LogP contribution is 1.88. The van der Waals surface area contributed by atoms with Crippen molar-refractivity contribution >= 4 is 11.9 Å². The van der Waals surface area contributed by atoms with Crippen molar-refractivity contribution < 1.29 is 57.0 Å². The normalized spacial score (nSPS) is 10.9. The Kier molecular flexibility index (Phi) is 27.3. The minimum absolute atomic E-state index is 0.197. The average Bonchev–Trinajstić information content (AvgIpc) is 2.87. The highest BCUT2D eigenvalue weighted by molar-refractivity contribution is 5.81. The van der Waals surface area contributed by atoms with Crippen LogP contribution in [0.25, 0.3) is 0 Å². The molecule has 35 heavy (non-hydrogen) atoms. The number of ether oxygens (including phenoxy) is 10. The maximum Gasteiger partial charge on any atom is 0.330 e. The zero-order valence-corrected chi connectivity index (χ0v) is 20.9. The maximum absolute atomic E-state index is 10.9. The summed E-state index contributed by atoms with van der Waals surface area (Å²) < 4.78 is 52.1. The van der Waals surface area contributed by atoms with Crippen molar-refractivity contribution in [1.82, 2.24) is 0 Å². The Hall–Kier alpha value is -1.64. The van der Waals surface area contributed by atoms with E-state index in [0.29, 0.717) is 106 Å². The van der Waals surface area contributed by atoms with E-state index in [0.717, 1.165) is 6.08 Å². The van der Waals surface area contributed by atoms with Crippen LogP contribution in [-0.4, -0.2) is 131 Å². The van der Waals surface area contributed by atoms with Gasteiger partial charge in [-0.1, -0.05) is 6.58 Å². The van der Waals surface area contributed by atoms with Crippen molar-refractivity contribution in [3.63, 3.8) is 0 Å². The largest absolute Gasteiger partial charge is 0.469 e. The molecule has 0 aliphatic rings. The predicted octanol–water partition coefficient (Wildman–Crippen LogP) is 0.412. The number of hydrogen-bond acceptors (Lipinski definition) is 12. The van der Waals surface area contributed by atoms with E-state index in [9.17, 15) is 9.59 Å². The fourth-order valence-corrected chi connectivity index (χ4v) is 2.16. The summed E-state index contributed by atoms with van der Waals surface area (Å²) in [6.45, 7) is 10.7. The van der Waals surface area contributed by atoms with Gasteiger partial charge in [-0.05, 0) is 0 Å². The minimum Gasteiger partial charge on any atom is -0.469 e. The lowest BCUT2D eigenvalue weighted by molar-refractivity contribution is -0.142. The van der Waals surface area contributed by atoms with Crippen molar-refractivity contribution in [3.05, 3.63) is 12.7 Å². The number of carbonyl (C=O) groups excluding carboxylic acids is 2. The lowest BCUT2D eigenvalue weighted by Gasteiger charge is -2.08. The summed E-state index contributed by atoms with van der Waals surface area (Å²) in [6.07, 6.45) is 1.35. The second kappa shape index (κ2) is 28.6. The van der Waals surface area contributed by atoms with Gasteiger partial charge >= 0.3 is 11.9 Å². The quantitative estimate of drug-likeness (QED) is 0.0822. The van der Waals surface area contributed by atoms with E-state index in [1.807, 2.05) is 0 Å². The van der Waals surface area contributed by atoms with Crippen LogP contribution < -0.4 is 0 Å². The highest BCUT2D eigenvalue weighted by atomic mass is 16.6. The second-order valence-electron chi connectivity index (χ2n) is 6.60. The fraction of sp³-hybridized carbons (Fsp3) is 0.826. The molecule has 0 aromatic rings. The van der Waals surface area contributed by atoms with Crippen molar-refractivity contribution in [2.24, 2.45) is 0 Å². The number of rotatable bonds is 28. The fourth-order valence-electron chi connectivity index (χ4n) is 2.16. The summed E-state index contributed by atoms with van der Waals surface area (Å²) in [5, 5.41) is 0. The van der Waals surface area contributed by atoms with Crippen molar-refractivity contribution in [1.29, 1.82) is 0 Å². The summed E-state index contributed by atoms with van der Waals surface area (Å²) in [5.41, 5.74) is 0. The molecular formula is C23H42O12. The van der Waals surface area contributed by atoms with Crippen molar-refractivity contribution in [3.8, 4) is 0 Å². The Morgan fingerprint density at radius 2 is 0.800 bits per heavy atom. The highest BCUT2D eigenvalue weighted by Gasteiger charge is 1.99. The lowest BCUT2D eigenvalue weighted by Crippen LogP contribution is -2.15. The molecule has 206 valence electrons. The van der Waals surface area contributed by atoms with Crippen LogP contribution in [-0.2, 0) is 57.0 Å². The van der Waals surface area contributed by atoms with Crippen molar-refractivity contribution in [2.45, 2.75) is 6.42 Å². The lowest BCUT2D eigenvalue weighted by atomic mass is 10.5. The van der Waals surface area contributed by atoms with E-state index in [4.69, 9.17) is 42.6 Å². The molecule has 12 nitrogen and oxygen atoms in total. The molecule has 0 spiro atoms. The van der Waals surface area contributed by atoms with Crippen LogP contribution in [0.1, 0.15) is 6.42 Å². The van der Waals surface area contributed by atoms with E-state index < -0.39 is 5.97 Å². The molecule has 0 atom stereocenters. The van der Waals surface area contributed by atoms with Gasteiger partial charge in [-0.15, -0.1) is 0 Å². The van der Waals surface area contributed by atoms with Gasteiger partial charge in [0.2, 0.25) is 0 Å². The zero-order valence-electron chi connectivity index (χ0n) is 20.9. The van der Waals surface area contributed by atoms with Crippen LogP contribution in [0.4, 0.5) is 0 Å². The van der Waals surface area contributed by atoms with Crippen LogP contribution in [0.15, 0.2) is 12.7 Å². The van der Waals surface area contributed by atoms with Gasteiger partial charge in [0.15, 0.2) is 0 Å². The molecular weight excluding hydrogens is 468 g/mol. The van der Waals surface area contributed by atoms with Crippen LogP contribution in [0.2, 0.25) is 0 Å². The van der Waals surface area contributed by atoms with Gasteiger partial charge in [0.1, 0.15) is 6.61 Å². The van der Waals surface area contributed by atoms with Crippen LogP contribution in [0.5, 0.6) is 0 Å². The van der Waals surface area contributed by atoms with Gasteiger partial charge in [0, 0.05) is 6.08 Å². The Balaban J connectivity index is 3.06. The second-order valence-corrected chi connectivity index (χ2v) is 6.60. The number of hydrogen-bond donors (Lipinski definition) is 0. The van der Waals surface area contributed by atoms with E-state index >= 15 is 0 Å². The number of methoxy groups -OCH3 is 1. The molecule has 0 saturated carbocycles. The molecule has 0 fully saturated rings. The summed E-state index contributed by atoms with van der Waals surface area (Å²) in [4.78, 5) is 21.7. The predicted molar refractivity (Wildman–Crippen MR) is 124 cm³/mol. The molecule has 0 bridgehead atoms. The summed E-state index contributed by atoms with van der Waals surface area (Å²) >= 11 is 0. The average molecular weight is 511 g/mol. The van der Waals surface area contributed by atoms with Crippen LogP contribution in [0, 0.1) is 0 Å². The number of carbonyl (C=O) groups is 2. The third-order valence-corrected chi connectivity index (χ3v) is 3.92. The molecule has 0 N–H and O–H groups in total. The topological polar surface area (TPSA) is 126 Å². The Morgan fingerprint density at radius 1 is 0.514 bits per heavy atom. The molecule has 0 heterocycles. The molecule has 0 aromatic carbocycles. The van der Waals surface area contributed by atoms with Gasteiger partial charge in [0.25, 0.3) is 0 Å². The maximum atomic E-state index is 10.9. The number of esters is 2. The van der Waals surface area contributed by atoms with Gasteiger partial charge in [-0.2, -0.15) is 0 Å². The van der Waals surface area contributed by atoms with Crippen molar-refractivity contribution in [2.75, 3.05) is 119 Å². The molecule has 0 unspecified atom stereocenters.